The van der Waals surface area contributed by atoms with Gasteiger partial charge in [0.15, 0.2) is 12.4 Å². The minimum atomic E-state index is -0.570. The summed E-state index contributed by atoms with van der Waals surface area (Å²) in [6.45, 7) is 3.40. The Morgan fingerprint density at radius 1 is 1.25 bits per heavy atom. The molecule has 0 fully saturated rings. The molecule has 0 N–H and O–H groups in total. The van der Waals surface area contributed by atoms with Gasteiger partial charge in [0.25, 0.3) is 0 Å². The monoisotopic (exact) mass is 273 g/mol. The lowest BCUT2D eigenvalue weighted by Gasteiger charge is -2.06. The second kappa shape index (κ2) is 6.56. The number of hydrogen-bond acceptors (Lipinski definition) is 5. The van der Waals surface area contributed by atoms with Crippen molar-refractivity contribution in [1.82, 2.24) is 0 Å². The van der Waals surface area contributed by atoms with Crippen LogP contribution in [0.1, 0.15) is 18.2 Å². The van der Waals surface area contributed by atoms with Crippen molar-refractivity contribution >= 4 is 11.7 Å². The van der Waals surface area contributed by atoms with E-state index in [2.05, 4.69) is 5.16 Å². The zero-order valence-electron chi connectivity index (χ0n) is 11.3. The molecule has 0 atom stereocenters. The lowest BCUT2D eigenvalue weighted by molar-refractivity contribution is -0.146. The Morgan fingerprint density at radius 2 is 2.05 bits per heavy atom. The van der Waals surface area contributed by atoms with Crippen molar-refractivity contribution in [3.8, 4) is 5.75 Å². The number of benzene rings is 1. The first-order chi connectivity index (χ1) is 9.66. The highest BCUT2D eigenvalue weighted by Crippen LogP contribution is 2.15. The number of oxime groups is 1. The summed E-state index contributed by atoms with van der Waals surface area (Å²) in [7, 11) is 0. The van der Waals surface area contributed by atoms with Crippen LogP contribution in [0.5, 0.6) is 5.75 Å². The molecule has 104 valence electrons. The van der Waals surface area contributed by atoms with E-state index in [9.17, 15) is 4.79 Å². The number of nitrogens with zero attached hydrogens (tertiary/aromatic N) is 1. The van der Waals surface area contributed by atoms with E-state index in [4.69, 9.17) is 14.0 Å². The molecule has 0 amide bonds. The Labute approximate surface area is 116 Å². The van der Waals surface area contributed by atoms with E-state index in [1.54, 1.807) is 25.1 Å². The van der Waals surface area contributed by atoms with Crippen molar-refractivity contribution in [2.75, 3.05) is 6.61 Å². The first kappa shape index (κ1) is 13.9. The summed E-state index contributed by atoms with van der Waals surface area (Å²) in [5.41, 5.74) is 1.44. The number of ether oxygens (including phenoxy) is 1. The average Bonchev–Trinajstić information content (AvgIpc) is 2.98. The van der Waals surface area contributed by atoms with Crippen LogP contribution in [0.25, 0.3) is 0 Å². The van der Waals surface area contributed by atoms with Crippen LogP contribution in [-0.2, 0) is 9.63 Å². The molecule has 0 aliphatic rings. The standard InChI is InChI=1S/C15H15NO4/c1-11-6-3-4-7-13(11)19-10-15(17)20-16-12(2)14-8-5-9-18-14/h3-9H,10H2,1-2H3. The molecule has 1 aromatic heterocycles. The Morgan fingerprint density at radius 3 is 2.75 bits per heavy atom. The minimum Gasteiger partial charge on any atom is -0.482 e. The van der Waals surface area contributed by atoms with Gasteiger partial charge in [-0.25, -0.2) is 4.79 Å². The summed E-state index contributed by atoms with van der Waals surface area (Å²) < 4.78 is 10.5. The predicted octanol–water partition coefficient (Wildman–Crippen LogP) is 2.93. The number of para-hydroxylation sites is 1. The molecule has 0 unspecified atom stereocenters. The number of aryl methyl sites for hydroxylation is 1. The van der Waals surface area contributed by atoms with E-state index in [-0.39, 0.29) is 6.61 Å². The molecule has 0 aliphatic carbocycles. The van der Waals surface area contributed by atoms with E-state index in [1.165, 1.54) is 6.26 Å². The maximum absolute atomic E-state index is 11.5. The number of furan rings is 1. The molecule has 2 rings (SSSR count). The fraction of sp³-hybridized carbons (Fsp3) is 0.200. The maximum atomic E-state index is 11.5. The Bertz CT molecular complexity index is 602. The third-order valence-corrected chi connectivity index (χ3v) is 2.60. The zero-order valence-corrected chi connectivity index (χ0v) is 11.3. The van der Waals surface area contributed by atoms with Crippen molar-refractivity contribution in [2.24, 2.45) is 5.16 Å². The SMILES string of the molecule is CC(=NOC(=O)COc1ccccc1C)c1ccco1. The van der Waals surface area contributed by atoms with E-state index in [0.29, 0.717) is 17.2 Å². The van der Waals surface area contributed by atoms with Crippen LogP contribution in [0.15, 0.2) is 52.2 Å². The van der Waals surface area contributed by atoms with E-state index in [0.717, 1.165) is 5.56 Å². The largest absolute Gasteiger partial charge is 0.482 e. The van der Waals surface area contributed by atoms with Gasteiger partial charge in [0.1, 0.15) is 11.5 Å². The van der Waals surface area contributed by atoms with Gasteiger partial charge in [0.05, 0.1) is 6.26 Å². The number of hydrogen-bond donors (Lipinski definition) is 0. The van der Waals surface area contributed by atoms with Gasteiger partial charge < -0.3 is 14.0 Å². The highest BCUT2D eigenvalue weighted by atomic mass is 16.7. The molecule has 20 heavy (non-hydrogen) atoms. The highest BCUT2D eigenvalue weighted by molar-refractivity contribution is 5.96. The summed E-state index contributed by atoms with van der Waals surface area (Å²) in [5.74, 6) is 0.632. The smallest absolute Gasteiger partial charge is 0.372 e. The van der Waals surface area contributed by atoms with Crippen LogP contribution in [0.4, 0.5) is 0 Å². The summed E-state index contributed by atoms with van der Waals surface area (Å²) >= 11 is 0. The molecular formula is C15H15NO4. The summed E-state index contributed by atoms with van der Waals surface area (Å²) in [5, 5.41) is 3.69. The summed E-state index contributed by atoms with van der Waals surface area (Å²) in [6, 6.07) is 10.9. The van der Waals surface area contributed by atoms with Crippen molar-refractivity contribution in [3.63, 3.8) is 0 Å². The topological polar surface area (TPSA) is 61.0 Å². The quantitative estimate of drug-likeness (QED) is 0.477. The van der Waals surface area contributed by atoms with Gasteiger partial charge >= 0.3 is 5.97 Å². The van der Waals surface area contributed by atoms with E-state index < -0.39 is 5.97 Å². The molecule has 0 aliphatic heterocycles. The normalized spacial score (nSPS) is 11.2. The summed E-state index contributed by atoms with van der Waals surface area (Å²) in [6.07, 6.45) is 1.53. The van der Waals surface area contributed by atoms with Gasteiger partial charge in [-0.15, -0.1) is 0 Å². The molecule has 0 saturated carbocycles. The number of carbonyl (C=O) groups is 1. The Hall–Kier alpha value is -2.56. The molecule has 1 aromatic carbocycles. The van der Waals surface area contributed by atoms with Crippen LogP contribution in [0.3, 0.4) is 0 Å². The van der Waals surface area contributed by atoms with Crippen LogP contribution in [0.2, 0.25) is 0 Å². The lowest BCUT2D eigenvalue weighted by Crippen LogP contribution is -2.13. The van der Waals surface area contributed by atoms with Crippen LogP contribution in [0, 0.1) is 6.92 Å². The highest BCUT2D eigenvalue weighted by Gasteiger charge is 2.07. The fourth-order valence-electron chi connectivity index (χ4n) is 1.53. The van der Waals surface area contributed by atoms with Crippen LogP contribution < -0.4 is 4.74 Å². The molecule has 0 bridgehead atoms. The molecule has 1 heterocycles. The second-order valence-electron chi connectivity index (χ2n) is 4.17. The molecule has 0 radical (unpaired) electrons. The van der Waals surface area contributed by atoms with E-state index in [1.807, 2.05) is 25.1 Å². The van der Waals surface area contributed by atoms with Crippen molar-refractivity contribution < 1.29 is 18.8 Å². The zero-order chi connectivity index (χ0) is 14.4. The maximum Gasteiger partial charge on any atom is 0.372 e. The summed E-state index contributed by atoms with van der Waals surface area (Å²) in [4.78, 5) is 16.3. The second-order valence-corrected chi connectivity index (χ2v) is 4.17. The first-order valence-corrected chi connectivity index (χ1v) is 6.13. The number of rotatable bonds is 5. The van der Waals surface area contributed by atoms with Gasteiger partial charge in [0.2, 0.25) is 0 Å². The van der Waals surface area contributed by atoms with Crippen molar-refractivity contribution in [3.05, 3.63) is 54.0 Å². The minimum absolute atomic E-state index is 0.195. The van der Waals surface area contributed by atoms with Gasteiger partial charge in [-0.2, -0.15) is 0 Å². The van der Waals surface area contributed by atoms with Gasteiger partial charge in [0, 0.05) is 0 Å². The Balaban J connectivity index is 1.84. The van der Waals surface area contributed by atoms with E-state index >= 15 is 0 Å². The lowest BCUT2D eigenvalue weighted by atomic mass is 10.2. The molecule has 0 saturated heterocycles. The van der Waals surface area contributed by atoms with Crippen molar-refractivity contribution in [1.29, 1.82) is 0 Å². The average molecular weight is 273 g/mol. The third kappa shape index (κ3) is 3.71. The first-order valence-electron chi connectivity index (χ1n) is 6.13. The number of carbonyl (C=O) groups excluding carboxylic acids is 1. The van der Waals surface area contributed by atoms with Gasteiger partial charge in [-0.3, -0.25) is 0 Å². The van der Waals surface area contributed by atoms with Crippen LogP contribution in [-0.4, -0.2) is 18.3 Å². The predicted molar refractivity (Wildman–Crippen MR) is 73.7 cm³/mol. The Kier molecular flexibility index (Phi) is 4.55. The fourth-order valence-corrected chi connectivity index (χ4v) is 1.53. The molecule has 0 spiro atoms. The molecule has 5 nitrogen and oxygen atoms in total. The van der Waals surface area contributed by atoms with Crippen LogP contribution >= 0.6 is 0 Å². The molecular weight excluding hydrogens is 258 g/mol. The van der Waals surface area contributed by atoms with Gasteiger partial charge in [-0.05, 0) is 37.6 Å². The molecule has 5 heteroatoms. The van der Waals surface area contributed by atoms with Gasteiger partial charge in [-0.1, -0.05) is 23.4 Å². The molecule has 2 aromatic rings. The third-order valence-electron chi connectivity index (χ3n) is 2.60. The van der Waals surface area contributed by atoms with Crippen molar-refractivity contribution in [2.45, 2.75) is 13.8 Å².